The number of carbonyl (C=O) groups is 2. The SMILES string of the molecule is CCC(CC)CN1C(=O)C(C)(CC)NC(=O)C1(C)C1CC1. The molecule has 1 heterocycles. The highest BCUT2D eigenvalue weighted by Crippen LogP contribution is 2.46. The van der Waals surface area contributed by atoms with Crippen LogP contribution in [-0.2, 0) is 9.59 Å². The van der Waals surface area contributed by atoms with Gasteiger partial charge in [0.05, 0.1) is 0 Å². The van der Waals surface area contributed by atoms with E-state index < -0.39 is 11.1 Å². The fraction of sp³-hybridized carbons (Fsp3) is 0.882. The standard InChI is InChI=1S/C17H30N2O2/c1-6-12(7-2)11-19-15(21)16(4,8-3)18-14(20)17(19,5)13-9-10-13/h12-13H,6-11H2,1-5H3,(H,18,20). The Morgan fingerprint density at radius 2 is 1.76 bits per heavy atom. The van der Waals surface area contributed by atoms with E-state index in [1.807, 2.05) is 25.7 Å². The van der Waals surface area contributed by atoms with Crippen molar-refractivity contribution in [3.63, 3.8) is 0 Å². The van der Waals surface area contributed by atoms with Crippen LogP contribution in [0, 0.1) is 11.8 Å². The highest BCUT2D eigenvalue weighted by Gasteiger charge is 2.59. The summed E-state index contributed by atoms with van der Waals surface area (Å²) >= 11 is 0. The molecule has 2 unspecified atom stereocenters. The summed E-state index contributed by atoms with van der Waals surface area (Å²) in [6.07, 6.45) is 4.84. The highest BCUT2D eigenvalue weighted by atomic mass is 16.2. The van der Waals surface area contributed by atoms with Gasteiger partial charge in [0.25, 0.3) is 0 Å². The van der Waals surface area contributed by atoms with Gasteiger partial charge in [-0.3, -0.25) is 9.59 Å². The molecule has 1 saturated heterocycles. The van der Waals surface area contributed by atoms with E-state index in [1.165, 1.54) is 0 Å². The van der Waals surface area contributed by atoms with Crippen LogP contribution in [0.4, 0.5) is 0 Å². The molecule has 1 aliphatic carbocycles. The van der Waals surface area contributed by atoms with Crippen LogP contribution in [0.2, 0.25) is 0 Å². The van der Waals surface area contributed by atoms with E-state index in [-0.39, 0.29) is 11.8 Å². The number of amides is 2. The summed E-state index contributed by atoms with van der Waals surface area (Å²) in [6.45, 7) is 10.8. The zero-order chi connectivity index (χ0) is 15.8. The van der Waals surface area contributed by atoms with Crippen molar-refractivity contribution in [3.8, 4) is 0 Å². The van der Waals surface area contributed by atoms with E-state index in [0.717, 1.165) is 25.7 Å². The molecule has 0 spiro atoms. The zero-order valence-corrected chi connectivity index (χ0v) is 14.2. The van der Waals surface area contributed by atoms with Gasteiger partial charge < -0.3 is 10.2 Å². The molecule has 2 fully saturated rings. The average Bonchev–Trinajstić information content (AvgIpc) is 3.30. The Morgan fingerprint density at radius 3 is 2.19 bits per heavy atom. The Morgan fingerprint density at radius 1 is 1.19 bits per heavy atom. The third-order valence-electron chi connectivity index (χ3n) is 5.80. The summed E-state index contributed by atoms with van der Waals surface area (Å²) in [4.78, 5) is 27.8. The lowest BCUT2D eigenvalue weighted by atomic mass is 9.81. The molecule has 0 aromatic carbocycles. The van der Waals surface area contributed by atoms with Crippen molar-refractivity contribution in [2.75, 3.05) is 6.54 Å². The minimum atomic E-state index is -0.739. The van der Waals surface area contributed by atoms with Gasteiger partial charge in [-0.25, -0.2) is 0 Å². The fourth-order valence-corrected chi connectivity index (χ4v) is 3.43. The lowest BCUT2D eigenvalue weighted by Crippen LogP contribution is -2.75. The molecule has 1 aliphatic heterocycles. The molecule has 0 bridgehead atoms. The molecule has 4 nitrogen and oxygen atoms in total. The first-order valence-electron chi connectivity index (χ1n) is 8.48. The first-order chi connectivity index (χ1) is 9.83. The van der Waals surface area contributed by atoms with E-state index in [9.17, 15) is 9.59 Å². The Hall–Kier alpha value is -1.06. The van der Waals surface area contributed by atoms with E-state index in [1.54, 1.807) is 0 Å². The summed E-state index contributed by atoms with van der Waals surface area (Å²) in [5, 5.41) is 3.01. The summed E-state index contributed by atoms with van der Waals surface area (Å²) < 4.78 is 0. The molecule has 1 N–H and O–H groups in total. The molecule has 0 radical (unpaired) electrons. The number of hydrogen-bond donors (Lipinski definition) is 1. The van der Waals surface area contributed by atoms with Gasteiger partial charge in [-0.05, 0) is 44.9 Å². The molecule has 2 rings (SSSR count). The van der Waals surface area contributed by atoms with Gasteiger partial charge in [0, 0.05) is 6.54 Å². The molecule has 21 heavy (non-hydrogen) atoms. The number of piperazine rings is 1. The van der Waals surface area contributed by atoms with Gasteiger partial charge in [-0.2, -0.15) is 0 Å². The van der Waals surface area contributed by atoms with Crippen LogP contribution >= 0.6 is 0 Å². The number of nitrogens with one attached hydrogen (secondary N) is 1. The van der Waals surface area contributed by atoms with Gasteiger partial charge in [-0.1, -0.05) is 33.6 Å². The van der Waals surface area contributed by atoms with Gasteiger partial charge in [0.2, 0.25) is 11.8 Å². The largest absolute Gasteiger partial charge is 0.340 e. The van der Waals surface area contributed by atoms with Gasteiger partial charge in [0.1, 0.15) is 11.1 Å². The summed E-state index contributed by atoms with van der Waals surface area (Å²) in [7, 11) is 0. The van der Waals surface area contributed by atoms with E-state index in [2.05, 4.69) is 19.2 Å². The van der Waals surface area contributed by atoms with Crippen LogP contribution in [-0.4, -0.2) is 34.3 Å². The maximum atomic E-state index is 13.1. The second kappa shape index (κ2) is 5.62. The van der Waals surface area contributed by atoms with Crippen LogP contribution in [0.3, 0.4) is 0 Å². The lowest BCUT2D eigenvalue weighted by Gasteiger charge is -2.51. The Balaban J connectivity index is 2.35. The Labute approximate surface area is 128 Å². The Bertz CT molecular complexity index is 429. The van der Waals surface area contributed by atoms with Crippen molar-refractivity contribution in [3.05, 3.63) is 0 Å². The minimum absolute atomic E-state index is 0.0416. The third kappa shape index (κ3) is 2.58. The molecule has 1 saturated carbocycles. The van der Waals surface area contributed by atoms with Gasteiger partial charge >= 0.3 is 0 Å². The van der Waals surface area contributed by atoms with Crippen molar-refractivity contribution in [1.29, 1.82) is 0 Å². The monoisotopic (exact) mass is 294 g/mol. The van der Waals surface area contributed by atoms with Crippen LogP contribution in [0.25, 0.3) is 0 Å². The van der Waals surface area contributed by atoms with Crippen LogP contribution in [0.5, 0.6) is 0 Å². The maximum absolute atomic E-state index is 13.1. The van der Waals surface area contributed by atoms with E-state index in [0.29, 0.717) is 24.8 Å². The number of rotatable bonds is 6. The molecule has 2 amide bonds. The van der Waals surface area contributed by atoms with Crippen LogP contribution in [0.1, 0.15) is 66.7 Å². The molecule has 0 aromatic heterocycles. The molecule has 2 atom stereocenters. The molecular weight excluding hydrogens is 264 g/mol. The molecule has 4 heteroatoms. The first kappa shape index (κ1) is 16.3. The molecule has 0 aromatic rings. The van der Waals surface area contributed by atoms with Crippen molar-refractivity contribution >= 4 is 11.8 Å². The van der Waals surface area contributed by atoms with Crippen LogP contribution in [0.15, 0.2) is 0 Å². The fourth-order valence-electron chi connectivity index (χ4n) is 3.43. The number of carbonyl (C=O) groups excluding carboxylic acids is 2. The van der Waals surface area contributed by atoms with E-state index in [4.69, 9.17) is 0 Å². The van der Waals surface area contributed by atoms with E-state index >= 15 is 0 Å². The average molecular weight is 294 g/mol. The maximum Gasteiger partial charge on any atom is 0.248 e. The second-order valence-corrected chi connectivity index (χ2v) is 7.16. The van der Waals surface area contributed by atoms with Gasteiger partial charge in [0.15, 0.2) is 0 Å². The number of hydrogen-bond acceptors (Lipinski definition) is 2. The van der Waals surface area contributed by atoms with Gasteiger partial charge in [-0.15, -0.1) is 0 Å². The summed E-state index contributed by atoms with van der Waals surface area (Å²) in [5.74, 6) is 0.946. The molecular formula is C17H30N2O2. The Kier molecular flexibility index (Phi) is 4.36. The lowest BCUT2D eigenvalue weighted by molar-refractivity contribution is -0.164. The predicted molar refractivity (Wildman–Crippen MR) is 83.8 cm³/mol. The minimum Gasteiger partial charge on any atom is -0.340 e. The second-order valence-electron chi connectivity index (χ2n) is 7.16. The van der Waals surface area contributed by atoms with Crippen LogP contribution < -0.4 is 5.32 Å². The summed E-state index contributed by atoms with van der Waals surface area (Å²) in [5.41, 5.74) is -1.38. The molecule has 120 valence electrons. The summed E-state index contributed by atoms with van der Waals surface area (Å²) in [6, 6.07) is 0. The number of nitrogens with zero attached hydrogens (tertiary/aromatic N) is 1. The smallest absolute Gasteiger partial charge is 0.248 e. The highest BCUT2D eigenvalue weighted by molar-refractivity contribution is 6.02. The first-order valence-corrected chi connectivity index (χ1v) is 8.48. The topological polar surface area (TPSA) is 49.4 Å². The predicted octanol–water partition coefficient (Wildman–Crippen LogP) is 2.72. The molecule has 2 aliphatic rings. The quantitative estimate of drug-likeness (QED) is 0.819. The van der Waals surface area contributed by atoms with Crippen molar-refractivity contribution in [2.45, 2.75) is 77.8 Å². The van der Waals surface area contributed by atoms with Crippen molar-refractivity contribution < 1.29 is 9.59 Å². The van der Waals surface area contributed by atoms with Crippen molar-refractivity contribution in [1.82, 2.24) is 10.2 Å². The third-order valence-corrected chi connectivity index (χ3v) is 5.80. The van der Waals surface area contributed by atoms with Crippen molar-refractivity contribution in [2.24, 2.45) is 11.8 Å². The zero-order valence-electron chi connectivity index (χ0n) is 14.2. The normalized spacial score (nSPS) is 33.5.